The van der Waals surface area contributed by atoms with Gasteiger partial charge in [0.05, 0.1) is 19.3 Å². The molecule has 0 bridgehead atoms. The van der Waals surface area contributed by atoms with Gasteiger partial charge in [-0.25, -0.2) is 4.79 Å². The van der Waals surface area contributed by atoms with Crippen LogP contribution in [0.5, 0.6) is 5.75 Å². The lowest BCUT2D eigenvalue weighted by atomic mass is 10.1. The fourth-order valence-corrected chi connectivity index (χ4v) is 2.16. The van der Waals surface area contributed by atoms with Gasteiger partial charge < -0.3 is 20.1 Å². The fraction of sp³-hybridized carbons (Fsp3) is 0.500. The summed E-state index contributed by atoms with van der Waals surface area (Å²) in [7, 11) is 1.60. The van der Waals surface area contributed by atoms with Gasteiger partial charge in [-0.2, -0.15) is 0 Å². The van der Waals surface area contributed by atoms with Gasteiger partial charge in [-0.3, -0.25) is 0 Å². The lowest BCUT2D eigenvalue weighted by Crippen LogP contribution is -2.42. The first kappa shape index (κ1) is 13.7. The van der Waals surface area contributed by atoms with Crippen LogP contribution in [0.4, 0.5) is 10.5 Å². The van der Waals surface area contributed by atoms with Crippen molar-refractivity contribution < 1.29 is 14.3 Å². The molecule has 0 spiro atoms. The number of hydrogen-bond donors (Lipinski definition) is 2. The van der Waals surface area contributed by atoms with Crippen LogP contribution in [0.15, 0.2) is 24.3 Å². The molecule has 19 heavy (non-hydrogen) atoms. The average Bonchev–Trinajstić information content (AvgIpc) is 2.92. The number of methoxy groups -OCH3 is 1. The zero-order valence-electron chi connectivity index (χ0n) is 11.3. The van der Waals surface area contributed by atoms with Crippen LogP contribution in [0.3, 0.4) is 0 Å². The minimum Gasteiger partial charge on any atom is -0.497 e. The second-order valence-corrected chi connectivity index (χ2v) is 4.67. The maximum atomic E-state index is 11.9. The second-order valence-electron chi connectivity index (χ2n) is 4.67. The highest BCUT2D eigenvalue weighted by atomic mass is 16.5. The Labute approximate surface area is 113 Å². The van der Waals surface area contributed by atoms with Gasteiger partial charge in [0.2, 0.25) is 0 Å². The fourth-order valence-electron chi connectivity index (χ4n) is 2.16. The van der Waals surface area contributed by atoms with E-state index in [0.29, 0.717) is 11.4 Å². The molecule has 1 aliphatic heterocycles. The molecule has 0 radical (unpaired) electrons. The summed E-state index contributed by atoms with van der Waals surface area (Å²) in [5.41, 5.74) is 0.705. The van der Waals surface area contributed by atoms with E-state index in [-0.39, 0.29) is 18.2 Å². The van der Waals surface area contributed by atoms with E-state index in [0.717, 1.165) is 19.4 Å². The standard InChI is InChI=1S/C14H20N2O3/c1-10(13-7-4-8-19-13)15-14(17)16-11-5-3-6-12(9-11)18-2/h3,5-6,9-10,13H,4,7-8H2,1-2H3,(H2,15,16,17)/t10-,13+/m1/s1. The van der Waals surface area contributed by atoms with Crippen LogP contribution in [0.25, 0.3) is 0 Å². The molecule has 104 valence electrons. The normalized spacial score (nSPS) is 19.8. The minimum absolute atomic E-state index is 0.00751. The molecule has 1 saturated heterocycles. The lowest BCUT2D eigenvalue weighted by Gasteiger charge is -2.20. The van der Waals surface area contributed by atoms with E-state index in [1.807, 2.05) is 25.1 Å². The molecule has 2 rings (SSSR count). The monoisotopic (exact) mass is 264 g/mol. The molecule has 5 heteroatoms. The summed E-state index contributed by atoms with van der Waals surface area (Å²) in [6, 6.07) is 7.04. The van der Waals surface area contributed by atoms with Crippen molar-refractivity contribution >= 4 is 11.7 Å². The Morgan fingerprint density at radius 3 is 3.05 bits per heavy atom. The number of ether oxygens (including phenoxy) is 2. The number of carbonyl (C=O) groups is 1. The zero-order valence-corrected chi connectivity index (χ0v) is 11.3. The molecule has 1 heterocycles. The lowest BCUT2D eigenvalue weighted by molar-refractivity contribution is 0.0868. The Balaban J connectivity index is 1.86. The third kappa shape index (κ3) is 3.86. The summed E-state index contributed by atoms with van der Waals surface area (Å²) in [4.78, 5) is 11.9. The van der Waals surface area contributed by atoms with Crippen LogP contribution in [0, 0.1) is 0 Å². The van der Waals surface area contributed by atoms with Gasteiger partial charge in [-0.15, -0.1) is 0 Å². The first-order valence-electron chi connectivity index (χ1n) is 6.52. The summed E-state index contributed by atoms with van der Waals surface area (Å²) in [5, 5.41) is 5.68. The number of anilines is 1. The average molecular weight is 264 g/mol. The summed E-state index contributed by atoms with van der Waals surface area (Å²) >= 11 is 0. The van der Waals surface area contributed by atoms with Crippen molar-refractivity contribution in [3.63, 3.8) is 0 Å². The van der Waals surface area contributed by atoms with E-state index in [1.165, 1.54) is 0 Å². The van der Waals surface area contributed by atoms with E-state index in [9.17, 15) is 4.79 Å². The summed E-state index contributed by atoms with van der Waals surface area (Å²) < 4.78 is 10.6. The van der Waals surface area contributed by atoms with Crippen LogP contribution in [-0.4, -0.2) is 31.9 Å². The number of urea groups is 1. The molecular weight excluding hydrogens is 244 g/mol. The number of nitrogens with one attached hydrogen (secondary N) is 2. The smallest absolute Gasteiger partial charge is 0.319 e. The predicted molar refractivity (Wildman–Crippen MR) is 73.6 cm³/mol. The van der Waals surface area contributed by atoms with Crippen LogP contribution in [0.1, 0.15) is 19.8 Å². The van der Waals surface area contributed by atoms with Crippen molar-refractivity contribution in [3.05, 3.63) is 24.3 Å². The summed E-state index contributed by atoms with van der Waals surface area (Å²) in [5.74, 6) is 0.713. The van der Waals surface area contributed by atoms with Crippen LogP contribution in [0.2, 0.25) is 0 Å². The van der Waals surface area contributed by atoms with Crippen LogP contribution < -0.4 is 15.4 Å². The molecule has 1 aromatic rings. The highest BCUT2D eigenvalue weighted by molar-refractivity contribution is 5.89. The molecule has 0 aromatic heterocycles. The van der Waals surface area contributed by atoms with E-state index in [4.69, 9.17) is 9.47 Å². The third-order valence-electron chi connectivity index (χ3n) is 3.21. The zero-order chi connectivity index (χ0) is 13.7. The molecule has 2 N–H and O–H groups in total. The van der Waals surface area contributed by atoms with Gasteiger partial charge >= 0.3 is 6.03 Å². The number of amides is 2. The molecule has 2 amide bonds. The van der Waals surface area contributed by atoms with Gasteiger partial charge in [0.25, 0.3) is 0 Å². The van der Waals surface area contributed by atoms with Crippen LogP contribution >= 0.6 is 0 Å². The number of rotatable bonds is 4. The predicted octanol–water partition coefficient (Wildman–Crippen LogP) is 2.38. The second kappa shape index (κ2) is 6.43. The van der Waals surface area contributed by atoms with Gasteiger partial charge in [-0.1, -0.05) is 6.07 Å². The van der Waals surface area contributed by atoms with E-state index in [2.05, 4.69) is 10.6 Å². The molecule has 0 aliphatic carbocycles. The maximum Gasteiger partial charge on any atom is 0.319 e. The largest absolute Gasteiger partial charge is 0.497 e. The maximum absolute atomic E-state index is 11.9. The van der Waals surface area contributed by atoms with Crippen molar-refractivity contribution in [1.82, 2.24) is 5.32 Å². The van der Waals surface area contributed by atoms with Gasteiger partial charge in [0.1, 0.15) is 5.75 Å². The molecule has 2 atom stereocenters. The molecule has 1 aromatic carbocycles. The first-order chi connectivity index (χ1) is 9.19. The highest BCUT2D eigenvalue weighted by Gasteiger charge is 2.23. The van der Waals surface area contributed by atoms with Gasteiger partial charge in [0.15, 0.2) is 0 Å². The molecule has 5 nitrogen and oxygen atoms in total. The highest BCUT2D eigenvalue weighted by Crippen LogP contribution is 2.17. The Bertz CT molecular complexity index is 430. The molecule has 0 saturated carbocycles. The summed E-state index contributed by atoms with van der Waals surface area (Å²) in [6.45, 7) is 2.75. The quantitative estimate of drug-likeness (QED) is 0.877. The first-order valence-corrected chi connectivity index (χ1v) is 6.52. The number of carbonyl (C=O) groups excluding carboxylic acids is 1. The molecule has 0 unspecified atom stereocenters. The summed E-state index contributed by atoms with van der Waals surface area (Å²) in [6.07, 6.45) is 2.19. The van der Waals surface area contributed by atoms with Crippen molar-refractivity contribution in [1.29, 1.82) is 0 Å². The molecule has 1 aliphatic rings. The third-order valence-corrected chi connectivity index (χ3v) is 3.21. The Kier molecular flexibility index (Phi) is 4.63. The molecule has 1 fully saturated rings. The Morgan fingerprint density at radius 1 is 1.53 bits per heavy atom. The topological polar surface area (TPSA) is 59.6 Å². The SMILES string of the molecule is COc1cccc(NC(=O)N[C@H](C)[C@@H]2CCCO2)c1. The van der Waals surface area contributed by atoms with Crippen molar-refractivity contribution in [2.75, 3.05) is 19.0 Å². The molecular formula is C14H20N2O3. The van der Waals surface area contributed by atoms with E-state index < -0.39 is 0 Å². The van der Waals surface area contributed by atoms with Crippen molar-refractivity contribution in [2.24, 2.45) is 0 Å². The van der Waals surface area contributed by atoms with Crippen LogP contribution in [-0.2, 0) is 4.74 Å². The van der Waals surface area contributed by atoms with Crippen molar-refractivity contribution in [2.45, 2.75) is 31.9 Å². The van der Waals surface area contributed by atoms with Crippen molar-refractivity contribution in [3.8, 4) is 5.75 Å². The van der Waals surface area contributed by atoms with E-state index >= 15 is 0 Å². The van der Waals surface area contributed by atoms with E-state index in [1.54, 1.807) is 13.2 Å². The number of benzene rings is 1. The Hall–Kier alpha value is -1.75. The number of hydrogen-bond acceptors (Lipinski definition) is 3. The minimum atomic E-state index is -0.226. The van der Waals surface area contributed by atoms with Gasteiger partial charge in [0, 0.05) is 18.4 Å². The van der Waals surface area contributed by atoms with Gasteiger partial charge in [-0.05, 0) is 31.9 Å². The Morgan fingerprint density at radius 2 is 2.37 bits per heavy atom.